The molecule has 2 N–H and O–H groups in total. The predicted octanol–water partition coefficient (Wildman–Crippen LogP) is -0.250. The summed E-state index contributed by atoms with van der Waals surface area (Å²) >= 11 is 0. The standard InChI is InChI=1S/C5H8N4O2/c6-1-2-8-3-5(7-4-8)9(10)11/h3-4H,1-2,6H2. The van der Waals surface area contributed by atoms with Gasteiger partial charge in [0, 0.05) is 13.1 Å². The Balaban J connectivity index is 2.73. The van der Waals surface area contributed by atoms with Gasteiger partial charge in [0.2, 0.25) is 6.33 Å². The topological polar surface area (TPSA) is 87.0 Å². The van der Waals surface area contributed by atoms with Crippen molar-refractivity contribution in [1.29, 1.82) is 0 Å². The summed E-state index contributed by atoms with van der Waals surface area (Å²) in [4.78, 5) is 13.1. The Kier molecular flexibility index (Phi) is 2.17. The second-order valence-electron chi connectivity index (χ2n) is 2.02. The van der Waals surface area contributed by atoms with E-state index < -0.39 is 4.92 Å². The Morgan fingerprint density at radius 1 is 1.82 bits per heavy atom. The van der Waals surface area contributed by atoms with Gasteiger partial charge in [0.25, 0.3) is 0 Å². The summed E-state index contributed by atoms with van der Waals surface area (Å²) in [6, 6.07) is 0. The summed E-state index contributed by atoms with van der Waals surface area (Å²) in [5, 5.41) is 10.1. The number of nitrogens with two attached hydrogens (primary N) is 1. The summed E-state index contributed by atoms with van der Waals surface area (Å²) < 4.78 is 1.58. The average Bonchev–Trinajstić information content (AvgIpc) is 2.37. The minimum atomic E-state index is -0.535. The Bertz CT molecular complexity index is 257. The lowest BCUT2D eigenvalue weighted by Gasteiger charge is -1.92. The number of rotatable bonds is 3. The molecule has 0 unspecified atom stereocenters. The molecule has 1 heterocycles. The van der Waals surface area contributed by atoms with E-state index in [4.69, 9.17) is 5.73 Å². The molecule has 6 nitrogen and oxygen atoms in total. The lowest BCUT2D eigenvalue weighted by atomic mass is 10.6. The molecule has 0 amide bonds. The molecule has 60 valence electrons. The average molecular weight is 156 g/mol. The van der Waals surface area contributed by atoms with Crippen molar-refractivity contribution in [2.24, 2.45) is 5.73 Å². The molecular weight excluding hydrogens is 148 g/mol. The molecule has 0 aromatic carbocycles. The Hall–Kier alpha value is -1.43. The van der Waals surface area contributed by atoms with Gasteiger partial charge in [0.1, 0.15) is 6.20 Å². The highest BCUT2D eigenvalue weighted by Crippen LogP contribution is 2.04. The highest BCUT2D eigenvalue weighted by atomic mass is 16.6. The fourth-order valence-electron chi connectivity index (χ4n) is 0.714. The van der Waals surface area contributed by atoms with Crippen molar-refractivity contribution in [1.82, 2.24) is 9.55 Å². The molecule has 0 bridgehead atoms. The van der Waals surface area contributed by atoms with Gasteiger partial charge in [0.15, 0.2) is 0 Å². The zero-order valence-electron chi connectivity index (χ0n) is 5.80. The van der Waals surface area contributed by atoms with E-state index in [0.29, 0.717) is 13.1 Å². The van der Waals surface area contributed by atoms with Crippen molar-refractivity contribution in [3.05, 3.63) is 22.6 Å². The first-order valence-corrected chi connectivity index (χ1v) is 3.10. The van der Waals surface area contributed by atoms with E-state index in [-0.39, 0.29) is 5.82 Å². The Labute approximate surface area is 62.8 Å². The summed E-state index contributed by atoms with van der Waals surface area (Å²) in [5.74, 6) is -0.140. The first kappa shape index (κ1) is 7.67. The van der Waals surface area contributed by atoms with E-state index in [1.807, 2.05) is 0 Å². The number of imidazole rings is 1. The van der Waals surface area contributed by atoms with Crippen LogP contribution >= 0.6 is 0 Å². The summed E-state index contributed by atoms with van der Waals surface area (Å²) in [6.07, 6.45) is 2.75. The maximum atomic E-state index is 10.1. The minimum absolute atomic E-state index is 0.140. The van der Waals surface area contributed by atoms with Gasteiger partial charge >= 0.3 is 5.82 Å². The molecule has 0 spiro atoms. The van der Waals surface area contributed by atoms with Crippen molar-refractivity contribution in [3.63, 3.8) is 0 Å². The van der Waals surface area contributed by atoms with Crippen LogP contribution in [-0.2, 0) is 6.54 Å². The van der Waals surface area contributed by atoms with E-state index in [2.05, 4.69) is 4.98 Å². The Morgan fingerprint density at radius 2 is 2.55 bits per heavy atom. The zero-order chi connectivity index (χ0) is 8.27. The second kappa shape index (κ2) is 3.11. The molecule has 11 heavy (non-hydrogen) atoms. The first-order valence-electron chi connectivity index (χ1n) is 3.10. The molecule has 0 saturated heterocycles. The summed E-state index contributed by atoms with van der Waals surface area (Å²) in [6.45, 7) is 1.01. The van der Waals surface area contributed by atoms with E-state index in [0.717, 1.165) is 0 Å². The molecule has 0 fully saturated rings. The van der Waals surface area contributed by atoms with Gasteiger partial charge in [-0.25, -0.2) is 0 Å². The quantitative estimate of drug-likeness (QED) is 0.482. The van der Waals surface area contributed by atoms with Gasteiger partial charge < -0.3 is 20.4 Å². The maximum Gasteiger partial charge on any atom is 0.381 e. The highest BCUT2D eigenvalue weighted by molar-refractivity contribution is 5.12. The van der Waals surface area contributed by atoms with Crippen molar-refractivity contribution in [2.75, 3.05) is 6.54 Å². The van der Waals surface area contributed by atoms with Crippen LogP contribution < -0.4 is 5.73 Å². The molecule has 0 saturated carbocycles. The van der Waals surface area contributed by atoms with Crippen molar-refractivity contribution in [3.8, 4) is 0 Å². The fraction of sp³-hybridized carbons (Fsp3) is 0.400. The Morgan fingerprint density at radius 3 is 3.00 bits per heavy atom. The molecule has 0 aliphatic rings. The lowest BCUT2D eigenvalue weighted by molar-refractivity contribution is -0.389. The minimum Gasteiger partial charge on any atom is -0.358 e. The van der Waals surface area contributed by atoms with E-state index in [1.54, 1.807) is 4.57 Å². The van der Waals surface area contributed by atoms with Gasteiger partial charge in [-0.1, -0.05) is 0 Å². The van der Waals surface area contributed by atoms with E-state index in [1.165, 1.54) is 12.5 Å². The first-order chi connectivity index (χ1) is 5.24. The van der Waals surface area contributed by atoms with Crippen LogP contribution in [0.15, 0.2) is 12.5 Å². The zero-order valence-corrected chi connectivity index (χ0v) is 5.80. The van der Waals surface area contributed by atoms with Crippen molar-refractivity contribution >= 4 is 5.82 Å². The third-order valence-corrected chi connectivity index (χ3v) is 1.19. The van der Waals surface area contributed by atoms with Gasteiger partial charge in [-0.3, -0.25) is 0 Å². The van der Waals surface area contributed by atoms with Crippen LogP contribution in [0.25, 0.3) is 0 Å². The van der Waals surface area contributed by atoms with E-state index in [9.17, 15) is 10.1 Å². The number of nitro groups is 1. The van der Waals surface area contributed by atoms with Crippen LogP contribution in [0.1, 0.15) is 0 Å². The van der Waals surface area contributed by atoms with E-state index >= 15 is 0 Å². The molecule has 0 radical (unpaired) electrons. The smallest absolute Gasteiger partial charge is 0.358 e. The molecule has 0 aliphatic carbocycles. The lowest BCUT2D eigenvalue weighted by Crippen LogP contribution is -2.07. The molecule has 6 heteroatoms. The second-order valence-corrected chi connectivity index (χ2v) is 2.02. The third kappa shape index (κ3) is 1.74. The van der Waals surface area contributed by atoms with Gasteiger partial charge in [-0.05, 0) is 9.91 Å². The van der Waals surface area contributed by atoms with Crippen molar-refractivity contribution < 1.29 is 4.92 Å². The molecule has 0 atom stereocenters. The van der Waals surface area contributed by atoms with Crippen LogP contribution in [-0.4, -0.2) is 21.0 Å². The number of nitrogens with zero attached hydrogens (tertiary/aromatic N) is 3. The SMILES string of the molecule is NCCn1cnc([N+](=O)[O-])c1. The number of hydrogen-bond acceptors (Lipinski definition) is 4. The summed E-state index contributed by atoms with van der Waals surface area (Å²) in [5.41, 5.74) is 5.23. The molecule has 0 aliphatic heterocycles. The fourth-order valence-corrected chi connectivity index (χ4v) is 0.714. The predicted molar refractivity (Wildman–Crippen MR) is 37.9 cm³/mol. The van der Waals surface area contributed by atoms with Crippen LogP contribution in [0.5, 0.6) is 0 Å². The number of aromatic nitrogens is 2. The molecule has 1 aromatic heterocycles. The van der Waals surface area contributed by atoms with Gasteiger partial charge in [-0.15, -0.1) is 0 Å². The summed E-state index contributed by atoms with van der Waals surface area (Å²) in [7, 11) is 0. The number of hydrogen-bond donors (Lipinski definition) is 1. The van der Waals surface area contributed by atoms with Gasteiger partial charge in [0.05, 0.1) is 0 Å². The molecule has 1 aromatic rings. The molecular formula is C5H8N4O2. The van der Waals surface area contributed by atoms with Crippen molar-refractivity contribution in [2.45, 2.75) is 6.54 Å². The maximum absolute atomic E-state index is 10.1. The van der Waals surface area contributed by atoms with Gasteiger partial charge in [-0.2, -0.15) is 0 Å². The van der Waals surface area contributed by atoms with Crippen LogP contribution in [0, 0.1) is 10.1 Å². The third-order valence-electron chi connectivity index (χ3n) is 1.19. The monoisotopic (exact) mass is 156 g/mol. The van der Waals surface area contributed by atoms with Crippen LogP contribution in [0.4, 0.5) is 5.82 Å². The normalized spacial score (nSPS) is 9.91. The van der Waals surface area contributed by atoms with Crippen LogP contribution in [0.2, 0.25) is 0 Å². The molecule has 1 rings (SSSR count). The highest BCUT2D eigenvalue weighted by Gasteiger charge is 2.07. The largest absolute Gasteiger partial charge is 0.381 e. The van der Waals surface area contributed by atoms with Crippen LogP contribution in [0.3, 0.4) is 0 Å².